The van der Waals surface area contributed by atoms with Crippen LogP contribution < -0.4 is 10.6 Å². The maximum Gasteiger partial charge on any atom is 0.227 e. The first-order valence-electron chi connectivity index (χ1n) is 11.2. The van der Waals surface area contributed by atoms with E-state index in [1.54, 1.807) is 0 Å². The molecule has 4 nitrogen and oxygen atoms in total. The summed E-state index contributed by atoms with van der Waals surface area (Å²) in [5.41, 5.74) is 2.11. The van der Waals surface area contributed by atoms with Gasteiger partial charge in [-0.3, -0.25) is 4.79 Å². The number of carbonyl (C=O) groups is 1. The summed E-state index contributed by atoms with van der Waals surface area (Å²) in [4.78, 5) is 13.1. The molecule has 0 spiro atoms. The topological polar surface area (TPSA) is 61.4 Å². The van der Waals surface area contributed by atoms with E-state index >= 15 is 0 Å². The molecule has 0 aliphatic rings. The number of hydrogen-bond acceptors (Lipinski definition) is 3. The zero-order valence-electron chi connectivity index (χ0n) is 18.8. The van der Waals surface area contributed by atoms with Gasteiger partial charge >= 0.3 is 0 Å². The Morgan fingerprint density at radius 3 is 2.13 bits per heavy atom. The highest BCUT2D eigenvalue weighted by Crippen LogP contribution is 2.20. The van der Waals surface area contributed by atoms with E-state index in [9.17, 15) is 9.90 Å². The number of amides is 1. The molecule has 4 unspecified atom stereocenters. The predicted octanol–water partition coefficient (Wildman–Crippen LogP) is 4.29. The highest BCUT2D eigenvalue weighted by molar-refractivity contribution is 5.83. The van der Waals surface area contributed by atoms with Gasteiger partial charge in [0, 0.05) is 12.6 Å². The van der Waals surface area contributed by atoms with Crippen molar-refractivity contribution in [3.63, 3.8) is 0 Å². The zero-order chi connectivity index (χ0) is 21.9. The second kappa shape index (κ2) is 12.5. The molecule has 0 radical (unpaired) electrons. The molecule has 2 aromatic carbocycles. The van der Waals surface area contributed by atoms with Crippen molar-refractivity contribution in [1.82, 2.24) is 10.6 Å². The van der Waals surface area contributed by atoms with E-state index in [0.717, 1.165) is 17.5 Å². The van der Waals surface area contributed by atoms with E-state index in [1.807, 2.05) is 67.6 Å². The van der Waals surface area contributed by atoms with Gasteiger partial charge in [-0.2, -0.15) is 0 Å². The fourth-order valence-corrected chi connectivity index (χ4v) is 3.95. The van der Waals surface area contributed by atoms with Crippen LogP contribution in [0.2, 0.25) is 0 Å². The van der Waals surface area contributed by atoms with Crippen molar-refractivity contribution < 1.29 is 9.90 Å². The number of nitrogens with one attached hydrogen (secondary N) is 2. The Balaban J connectivity index is 2.09. The second-order valence-corrected chi connectivity index (χ2v) is 8.68. The molecule has 2 aromatic rings. The molecule has 0 fully saturated rings. The van der Waals surface area contributed by atoms with Gasteiger partial charge in [0.1, 0.15) is 0 Å². The predicted molar refractivity (Wildman–Crippen MR) is 124 cm³/mol. The SMILES string of the molecule is CCC(C(=O)NC(Cc1ccccc1)C(O)CNC(C)CC(C)C)c1ccccc1. The van der Waals surface area contributed by atoms with Crippen molar-refractivity contribution in [3.05, 3.63) is 71.8 Å². The van der Waals surface area contributed by atoms with Crippen LogP contribution in [0.4, 0.5) is 0 Å². The fraction of sp³-hybridized carbons (Fsp3) is 0.500. The summed E-state index contributed by atoms with van der Waals surface area (Å²) in [6.45, 7) is 9.01. The van der Waals surface area contributed by atoms with Crippen LogP contribution in [0.1, 0.15) is 57.6 Å². The molecule has 4 heteroatoms. The maximum atomic E-state index is 13.1. The van der Waals surface area contributed by atoms with Crippen LogP contribution in [-0.4, -0.2) is 35.7 Å². The van der Waals surface area contributed by atoms with Gasteiger partial charge in [-0.25, -0.2) is 0 Å². The van der Waals surface area contributed by atoms with Crippen molar-refractivity contribution in [2.75, 3.05) is 6.54 Å². The largest absolute Gasteiger partial charge is 0.390 e. The first-order valence-corrected chi connectivity index (χ1v) is 11.2. The Bertz CT molecular complexity index is 733. The zero-order valence-corrected chi connectivity index (χ0v) is 18.8. The summed E-state index contributed by atoms with van der Waals surface area (Å²) in [7, 11) is 0. The average Bonchev–Trinajstić information content (AvgIpc) is 2.73. The quantitative estimate of drug-likeness (QED) is 0.489. The molecule has 0 saturated carbocycles. The molecular formula is C26H38N2O2. The molecule has 0 aliphatic heterocycles. The van der Waals surface area contributed by atoms with Gasteiger partial charge in [-0.1, -0.05) is 81.4 Å². The number of aliphatic hydroxyl groups is 1. The van der Waals surface area contributed by atoms with E-state index in [0.29, 0.717) is 31.3 Å². The Labute approximate surface area is 182 Å². The molecule has 4 atom stereocenters. The molecule has 0 aliphatic carbocycles. The summed E-state index contributed by atoms with van der Waals surface area (Å²) < 4.78 is 0. The first kappa shape index (κ1) is 24.1. The number of aliphatic hydroxyl groups excluding tert-OH is 1. The highest BCUT2D eigenvalue weighted by Gasteiger charge is 2.26. The monoisotopic (exact) mass is 410 g/mol. The van der Waals surface area contributed by atoms with Crippen molar-refractivity contribution >= 4 is 5.91 Å². The lowest BCUT2D eigenvalue weighted by Crippen LogP contribution is -2.50. The number of benzene rings is 2. The van der Waals surface area contributed by atoms with Gasteiger partial charge in [-0.05, 0) is 43.2 Å². The molecule has 30 heavy (non-hydrogen) atoms. The average molecular weight is 411 g/mol. The number of hydrogen-bond donors (Lipinski definition) is 3. The maximum absolute atomic E-state index is 13.1. The number of carbonyl (C=O) groups excluding carboxylic acids is 1. The third-order valence-electron chi connectivity index (χ3n) is 5.52. The Morgan fingerprint density at radius 1 is 0.967 bits per heavy atom. The minimum atomic E-state index is -0.669. The minimum absolute atomic E-state index is 0.0288. The van der Waals surface area contributed by atoms with Gasteiger partial charge in [-0.15, -0.1) is 0 Å². The minimum Gasteiger partial charge on any atom is -0.390 e. The summed E-state index contributed by atoms with van der Waals surface area (Å²) in [6.07, 6.45) is 1.69. The van der Waals surface area contributed by atoms with Crippen LogP contribution in [0.15, 0.2) is 60.7 Å². The van der Waals surface area contributed by atoms with E-state index in [4.69, 9.17) is 0 Å². The van der Waals surface area contributed by atoms with Gasteiger partial charge in [0.2, 0.25) is 5.91 Å². The van der Waals surface area contributed by atoms with Crippen LogP contribution in [0.3, 0.4) is 0 Å². The van der Waals surface area contributed by atoms with Crippen molar-refractivity contribution in [2.24, 2.45) is 5.92 Å². The van der Waals surface area contributed by atoms with Crippen LogP contribution in [0, 0.1) is 5.92 Å². The smallest absolute Gasteiger partial charge is 0.227 e. The van der Waals surface area contributed by atoms with Gasteiger partial charge < -0.3 is 15.7 Å². The summed E-state index contributed by atoms with van der Waals surface area (Å²) >= 11 is 0. The Hall–Kier alpha value is -2.17. The highest BCUT2D eigenvalue weighted by atomic mass is 16.3. The van der Waals surface area contributed by atoms with Crippen LogP contribution >= 0.6 is 0 Å². The molecule has 0 heterocycles. The third kappa shape index (κ3) is 7.92. The Kier molecular flexibility index (Phi) is 10.0. The lowest BCUT2D eigenvalue weighted by atomic mass is 9.94. The van der Waals surface area contributed by atoms with E-state index in [1.165, 1.54) is 0 Å². The second-order valence-electron chi connectivity index (χ2n) is 8.68. The summed E-state index contributed by atoms with van der Waals surface area (Å²) in [6, 6.07) is 19.9. The Morgan fingerprint density at radius 2 is 1.57 bits per heavy atom. The molecule has 164 valence electrons. The molecule has 2 rings (SSSR count). The van der Waals surface area contributed by atoms with Crippen LogP contribution in [-0.2, 0) is 11.2 Å². The normalized spacial score (nSPS) is 15.4. The van der Waals surface area contributed by atoms with Crippen molar-refractivity contribution in [3.8, 4) is 0 Å². The standard InChI is InChI=1S/C26H38N2O2/c1-5-23(22-14-10-7-11-15-22)26(30)28-24(17-21-12-8-6-9-13-21)25(29)18-27-20(4)16-19(2)3/h6-15,19-20,23-25,27,29H,5,16-18H2,1-4H3,(H,28,30). The molecular weight excluding hydrogens is 372 g/mol. The molecule has 0 bridgehead atoms. The molecule has 0 aromatic heterocycles. The molecule has 3 N–H and O–H groups in total. The van der Waals surface area contributed by atoms with Gasteiger partial charge in [0.15, 0.2) is 0 Å². The lowest BCUT2D eigenvalue weighted by molar-refractivity contribution is -0.124. The third-order valence-corrected chi connectivity index (χ3v) is 5.52. The van der Waals surface area contributed by atoms with Gasteiger partial charge in [0.25, 0.3) is 0 Å². The van der Waals surface area contributed by atoms with Gasteiger partial charge in [0.05, 0.1) is 18.1 Å². The summed E-state index contributed by atoms with van der Waals surface area (Å²) in [5.74, 6) is 0.351. The summed E-state index contributed by atoms with van der Waals surface area (Å²) in [5, 5.41) is 17.5. The van der Waals surface area contributed by atoms with E-state index in [2.05, 4.69) is 31.4 Å². The number of rotatable bonds is 12. The molecule has 0 saturated heterocycles. The fourth-order valence-electron chi connectivity index (χ4n) is 3.95. The van der Waals surface area contributed by atoms with Crippen molar-refractivity contribution in [2.45, 2.75) is 71.1 Å². The first-order chi connectivity index (χ1) is 14.4. The lowest BCUT2D eigenvalue weighted by Gasteiger charge is -2.28. The van der Waals surface area contributed by atoms with Crippen molar-refractivity contribution in [1.29, 1.82) is 0 Å². The molecule has 1 amide bonds. The van der Waals surface area contributed by atoms with E-state index in [-0.39, 0.29) is 17.9 Å². The van der Waals surface area contributed by atoms with Crippen LogP contribution in [0.25, 0.3) is 0 Å². The van der Waals surface area contributed by atoms with E-state index < -0.39 is 6.10 Å². The van der Waals surface area contributed by atoms with Crippen LogP contribution in [0.5, 0.6) is 0 Å².